The van der Waals surface area contributed by atoms with Crippen LogP contribution < -0.4 is 0 Å². The van der Waals surface area contributed by atoms with Gasteiger partial charge in [-0.25, -0.2) is 9.78 Å². The van der Waals surface area contributed by atoms with Gasteiger partial charge in [-0.05, 0) is 48.9 Å². The molecule has 0 radical (unpaired) electrons. The molecule has 4 nitrogen and oxygen atoms in total. The van der Waals surface area contributed by atoms with E-state index in [-0.39, 0.29) is 0 Å². The molecular weight excluding hydrogens is 404 g/mol. The molecule has 0 spiro atoms. The van der Waals surface area contributed by atoms with E-state index >= 15 is 0 Å². The Labute approximate surface area is 186 Å². The molecule has 0 atom stereocenters. The number of fused-ring (bicyclic) bond motifs is 1. The fourth-order valence-corrected chi connectivity index (χ4v) is 5.63. The third-order valence-electron chi connectivity index (χ3n) is 6.40. The van der Waals surface area contributed by atoms with E-state index in [1.165, 1.54) is 54.3 Å². The van der Waals surface area contributed by atoms with Gasteiger partial charge in [-0.2, -0.15) is 0 Å². The van der Waals surface area contributed by atoms with Crippen LogP contribution in [0.15, 0.2) is 53.9 Å². The van der Waals surface area contributed by atoms with Gasteiger partial charge in [0.1, 0.15) is 0 Å². The molecule has 1 N–H and O–H groups in total. The van der Waals surface area contributed by atoms with E-state index in [9.17, 15) is 9.90 Å². The molecule has 5 rings (SSSR count). The Hall–Kier alpha value is -2.92. The molecule has 0 amide bonds. The summed E-state index contributed by atoms with van der Waals surface area (Å²) >= 11 is 1.66. The first-order chi connectivity index (χ1) is 15.1. The number of aromatic nitrogens is 2. The van der Waals surface area contributed by atoms with Crippen LogP contribution in [-0.2, 0) is 6.54 Å². The molecule has 2 aromatic carbocycles. The fraction of sp³-hybridized carbons (Fsp3) is 0.308. The lowest BCUT2D eigenvalue weighted by Crippen LogP contribution is -2.08. The average Bonchev–Trinajstić information content (AvgIpc) is 3.35. The number of carboxylic acid groups (broad SMARTS) is 1. The monoisotopic (exact) mass is 430 g/mol. The zero-order valence-corrected chi connectivity index (χ0v) is 18.5. The van der Waals surface area contributed by atoms with Crippen LogP contribution in [0.1, 0.15) is 64.6 Å². The zero-order valence-electron chi connectivity index (χ0n) is 17.7. The number of thiazole rings is 1. The normalized spacial score (nSPS) is 14.9. The van der Waals surface area contributed by atoms with Crippen molar-refractivity contribution in [3.05, 3.63) is 75.7 Å². The maximum Gasteiger partial charge on any atom is 0.335 e. The van der Waals surface area contributed by atoms with Gasteiger partial charge in [0.2, 0.25) is 0 Å². The van der Waals surface area contributed by atoms with Crippen LogP contribution in [0, 0.1) is 6.92 Å². The molecule has 1 aliphatic carbocycles. The van der Waals surface area contributed by atoms with E-state index < -0.39 is 5.97 Å². The first-order valence-corrected chi connectivity index (χ1v) is 11.9. The van der Waals surface area contributed by atoms with Gasteiger partial charge in [-0.1, -0.05) is 55.7 Å². The minimum atomic E-state index is -0.889. The zero-order chi connectivity index (χ0) is 21.4. The minimum absolute atomic E-state index is 0.329. The number of aromatic carboxylic acids is 1. The van der Waals surface area contributed by atoms with E-state index in [2.05, 4.69) is 34.2 Å². The van der Waals surface area contributed by atoms with Crippen molar-refractivity contribution < 1.29 is 9.90 Å². The number of nitrogens with zero attached hydrogens (tertiary/aromatic N) is 2. The van der Waals surface area contributed by atoms with Crippen LogP contribution >= 0.6 is 11.3 Å². The highest BCUT2D eigenvalue weighted by Gasteiger charge is 2.27. The van der Waals surface area contributed by atoms with Gasteiger partial charge in [-0.15, -0.1) is 11.3 Å². The highest BCUT2D eigenvalue weighted by Crippen LogP contribution is 2.44. The molecule has 5 heteroatoms. The summed E-state index contributed by atoms with van der Waals surface area (Å²) in [7, 11) is 0. The molecule has 2 heterocycles. The molecule has 1 saturated carbocycles. The SMILES string of the molecule is Cc1nc(Cn2c(-c3ccccc3)c(C3CCCCC3)c3ccc(C(=O)O)cc32)cs1. The predicted molar refractivity (Wildman–Crippen MR) is 126 cm³/mol. The van der Waals surface area contributed by atoms with Gasteiger partial charge < -0.3 is 9.67 Å². The molecule has 158 valence electrons. The standard InChI is InChI=1S/C26H26N2O2S/c1-17-27-21(16-31-17)15-28-23-14-20(26(29)30)12-13-22(23)24(18-8-4-2-5-9-18)25(28)19-10-6-3-7-11-19/h3,6-7,10-14,16,18H,2,4-5,8-9,15H2,1H3,(H,29,30). The van der Waals surface area contributed by atoms with Crippen molar-refractivity contribution in [2.24, 2.45) is 0 Å². The first kappa shape index (κ1) is 20.0. The van der Waals surface area contributed by atoms with Crippen molar-refractivity contribution in [1.82, 2.24) is 9.55 Å². The Kier molecular flexibility index (Phi) is 5.36. The summed E-state index contributed by atoms with van der Waals surface area (Å²) in [4.78, 5) is 16.5. The highest BCUT2D eigenvalue weighted by atomic mass is 32.1. The second-order valence-electron chi connectivity index (χ2n) is 8.44. The molecule has 31 heavy (non-hydrogen) atoms. The highest BCUT2D eigenvalue weighted by molar-refractivity contribution is 7.09. The van der Waals surface area contributed by atoms with Crippen molar-refractivity contribution in [3.63, 3.8) is 0 Å². The number of carbonyl (C=O) groups is 1. The van der Waals surface area contributed by atoms with E-state index in [1.807, 2.05) is 25.1 Å². The molecule has 1 aliphatic rings. The number of rotatable bonds is 5. The number of benzene rings is 2. The third-order valence-corrected chi connectivity index (χ3v) is 7.22. The van der Waals surface area contributed by atoms with Crippen LogP contribution in [0.25, 0.3) is 22.2 Å². The number of aryl methyl sites for hydroxylation is 1. The van der Waals surface area contributed by atoms with Gasteiger partial charge in [0.05, 0.1) is 34.0 Å². The summed E-state index contributed by atoms with van der Waals surface area (Å²) in [5.41, 5.74) is 6.12. The van der Waals surface area contributed by atoms with Crippen LogP contribution in [0.2, 0.25) is 0 Å². The van der Waals surface area contributed by atoms with Crippen molar-refractivity contribution in [1.29, 1.82) is 0 Å². The molecule has 2 aromatic heterocycles. The van der Waals surface area contributed by atoms with Gasteiger partial charge >= 0.3 is 5.97 Å². The predicted octanol–water partition coefficient (Wildman–Crippen LogP) is 6.87. The largest absolute Gasteiger partial charge is 0.478 e. The summed E-state index contributed by atoms with van der Waals surface area (Å²) in [6, 6.07) is 16.2. The second-order valence-corrected chi connectivity index (χ2v) is 9.51. The Morgan fingerprint density at radius 1 is 1.13 bits per heavy atom. The van der Waals surface area contributed by atoms with Crippen molar-refractivity contribution >= 4 is 28.2 Å². The molecule has 0 unspecified atom stereocenters. The Morgan fingerprint density at radius 3 is 2.58 bits per heavy atom. The van der Waals surface area contributed by atoms with Crippen molar-refractivity contribution in [3.8, 4) is 11.3 Å². The molecule has 0 bridgehead atoms. The van der Waals surface area contributed by atoms with Crippen molar-refractivity contribution in [2.75, 3.05) is 0 Å². The topological polar surface area (TPSA) is 55.1 Å². The van der Waals surface area contributed by atoms with E-state index in [0.717, 1.165) is 16.2 Å². The van der Waals surface area contributed by atoms with Crippen molar-refractivity contribution in [2.45, 2.75) is 51.5 Å². The van der Waals surface area contributed by atoms with Gasteiger partial charge in [0.25, 0.3) is 0 Å². The van der Waals surface area contributed by atoms with Gasteiger partial charge in [-0.3, -0.25) is 0 Å². The van der Waals surface area contributed by atoms with E-state index in [1.54, 1.807) is 17.4 Å². The molecule has 0 saturated heterocycles. The number of carboxylic acids is 1. The lowest BCUT2D eigenvalue weighted by molar-refractivity contribution is 0.0697. The summed E-state index contributed by atoms with van der Waals surface area (Å²) < 4.78 is 2.30. The average molecular weight is 431 g/mol. The maximum atomic E-state index is 11.8. The minimum Gasteiger partial charge on any atom is -0.478 e. The lowest BCUT2D eigenvalue weighted by Gasteiger charge is -2.23. The summed E-state index contributed by atoms with van der Waals surface area (Å²) in [6.45, 7) is 2.66. The Morgan fingerprint density at radius 2 is 1.90 bits per heavy atom. The number of hydrogen-bond acceptors (Lipinski definition) is 3. The van der Waals surface area contributed by atoms with Crippen LogP contribution in [0.5, 0.6) is 0 Å². The van der Waals surface area contributed by atoms with Crippen LogP contribution in [-0.4, -0.2) is 20.6 Å². The van der Waals surface area contributed by atoms with Gasteiger partial charge in [0, 0.05) is 10.8 Å². The van der Waals surface area contributed by atoms with Crippen LogP contribution in [0.4, 0.5) is 0 Å². The smallest absolute Gasteiger partial charge is 0.335 e. The van der Waals surface area contributed by atoms with E-state index in [0.29, 0.717) is 18.0 Å². The summed E-state index contributed by atoms with van der Waals surface area (Å²) in [5.74, 6) is -0.389. The fourth-order valence-electron chi connectivity index (χ4n) is 5.03. The Bertz CT molecular complexity index is 1230. The molecule has 1 fully saturated rings. The first-order valence-electron chi connectivity index (χ1n) is 11.0. The third kappa shape index (κ3) is 3.79. The maximum absolute atomic E-state index is 11.8. The second kappa shape index (κ2) is 8.31. The quantitative estimate of drug-likeness (QED) is 0.376. The lowest BCUT2D eigenvalue weighted by atomic mass is 9.82. The summed E-state index contributed by atoms with van der Waals surface area (Å²) in [6.07, 6.45) is 6.19. The summed E-state index contributed by atoms with van der Waals surface area (Å²) in [5, 5.41) is 14.0. The number of hydrogen-bond donors (Lipinski definition) is 1. The van der Waals surface area contributed by atoms with Crippen LogP contribution in [0.3, 0.4) is 0 Å². The molecular formula is C26H26N2O2S. The van der Waals surface area contributed by atoms with E-state index in [4.69, 9.17) is 4.98 Å². The van der Waals surface area contributed by atoms with Gasteiger partial charge in [0.15, 0.2) is 0 Å². The Balaban J connectivity index is 1.81. The molecule has 0 aliphatic heterocycles. The molecule has 4 aromatic rings.